The fourth-order valence-corrected chi connectivity index (χ4v) is 4.34. The highest BCUT2D eigenvalue weighted by molar-refractivity contribution is 5.96. The van der Waals surface area contributed by atoms with Crippen molar-refractivity contribution >= 4 is 17.7 Å². The van der Waals surface area contributed by atoms with Gasteiger partial charge in [-0.3, -0.25) is 14.4 Å². The first kappa shape index (κ1) is 26.4. The van der Waals surface area contributed by atoms with Crippen LogP contribution >= 0.6 is 0 Å². The summed E-state index contributed by atoms with van der Waals surface area (Å²) in [7, 11) is 0. The number of hydrogen-bond donors (Lipinski definition) is 4. The van der Waals surface area contributed by atoms with Crippen LogP contribution in [0.15, 0.2) is 12.1 Å². The molecule has 2 heterocycles. The van der Waals surface area contributed by atoms with E-state index in [-0.39, 0.29) is 12.3 Å². The number of halogens is 5. The van der Waals surface area contributed by atoms with Gasteiger partial charge in [-0.15, -0.1) is 0 Å². The minimum atomic E-state index is -4.74. The Hall–Kier alpha value is -3.17. The maximum Gasteiger partial charge on any atom is 0.431 e. The molecule has 3 rings (SSSR count). The molecule has 3 amide bonds. The van der Waals surface area contributed by atoms with Crippen molar-refractivity contribution in [2.75, 3.05) is 0 Å². The molecule has 1 saturated carbocycles. The number of carbonyl (C=O) groups excluding carboxylic acids is 3. The van der Waals surface area contributed by atoms with E-state index in [2.05, 4.69) is 16.0 Å². The van der Waals surface area contributed by atoms with Crippen LogP contribution in [0.1, 0.15) is 62.6 Å². The van der Waals surface area contributed by atoms with Crippen molar-refractivity contribution in [2.24, 2.45) is 11.3 Å². The molecular weight excluding hydrogens is 477 g/mol. The number of nitrogens with zero attached hydrogens (tertiary/aromatic N) is 1. The van der Waals surface area contributed by atoms with Crippen LogP contribution < -0.4 is 16.0 Å². The first-order valence-corrected chi connectivity index (χ1v) is 10.9. The Labute approximate surface area is 198 Å². The third-order valence-electron chi connectivity index (χ3n) is 6.46. The zero-order valence-electron chi connectivity index (χ0n) is 19.3. The third kappa shape index (κ3) is 5.91. The summed E-state index contributed by atoms with van der Waals surface area (Å²) in [5.74, 6) is -5.97. The summed E-state index contributed by atoms with van der Waals surface area (Å²) < 4.78 is 66.2. The molecule has 1 aromatic heterocycles. The standard InChI is InChI=1S/C22H26F5N5O3/c1-19(2)7-11(16(33)32-19)6-12(9-28)29-18(35)14(8-20(3)10-21(20,23)24)31-17(34)13-4-5-15(30-13)22(25,26)27/h4-5,11-12,14,30H,6-8,10H2,1-3H3,(H,29,35)(H,31,34)(H,32,33). The van der Waals surface area contributed by atoms with Crippen LogP contribution in [0.4, 0.5) is 22.0 Å². The highest BCUT2D eigenvalue weighted by Gasteiger charge is 2.68. The lowest BCUT2D eigenvalue weighted by Gasteiger charge is -2.24. The number of carbonyl (C=O) groups is 3. The zero-order valence-corrected chi connectivity index (χ0v) is 19.3. The van der Waals surface area contributed by atoms with Crippen LogP contribution in [-0.4, -0.2) is 46.3 Å². The highest BCUT2D eigenvalue weighted by Crippen LogP contribution is 2.62. The lowest BCUT2D eigenvalue weighted by atomic mass is 9.91. The van der Waals surface area contributed by atoms with E-state index in [1.54, 1.807) is 13.8 Å². The summed E-state index contributed by atoms with van der Waals surface area (Å²) in [6.07, 6.45) is -5.38. The fraction of sp³-hybridized carbons (Fsp3) is 0.636. The molecule has 0 spiro atoms. The van der Waals surface area contributed by atoms with E-state index in [9.17, 15) is 41.6 Å². The van der Waals surface area contributed by atoms with Crippen LogP contribution in [0.25, 0.3) is 0 Å². The molecule has 1 aliphatic heterocycles. The Bertz CT molecular complexity index is 1060. The van der Waals surface area contributed by atoms with Gasteiger partial charge in [0.15, 0.2) is 0 Å². The van der Waals surface area contributed by atoms with Gasteiger partial charge in [0.1, 0.15) is 23.5 Å². The highest BCUT2D eigenvalue weighted by atomic mass is 19.4. The molecule has 35 heavy (non-hydrogen) atoms. The first-order chi connectivity index (χ1) is 16.0. The summed E-state index contributed by atoms with van der Waals surface area (Å²) in [5.41, 5.74) is -3.79. The monoisotopic (exact) mass is 503 g/mol. The molecule has 0 radical (unpaired) electrons. The van der Waals surface area contributed by atoms with Crippen molar-refractivity contribution < 1.29 is 36.3 Å². The van der Waals surface area contributed by atoms with Gasteiger partial charge < -0.3 is 20.9 Å². The van der Waals surface area contributed by atoms with E-state index in [4.69, 9.17) is 0 Å². The Morgan fingerprint density at radius 1 is 1.23 bits per heavy atom. The largest absolute Gasteiger partial charge is 0.431 e. The number of nitriles is 1. The number of alkyl halides is 5. The van der Waals surface area contributed by atoms with Gasteiger partial charge in [-0.25, -0.2) is 8.78 Å². The van der Waals surface area contributed by atoms with Crippen LogP contribution in [0, 0.1) is 22.7 Å². The first-order valence-electron chi connectivity index (χ1n) is 10.9. The minimum absolute atomic E-state index is 0.0306. The summed E-state index contributed by atoms with van der Waals surface area (Å²) in [6.45, 7) is 4.83. The van der Waals surface area contributed by atoms with Gasteiger partial charge in [0.25, 0.3) is 11.8 Å². The van der Waals surface area contributed by atoms with E-state index in [1.807, 2.05) is 11.1 Å². The Balaban J connectivity index is 1.73. The molecule has 4 N–H and O–H groups in total. The van der Waals surface area contributed by atoms with E-state index in [0.717, 1.165) is 6.07 Å². The molecule has 192 valence electrons. The van der Waals surface area contributed by atoms with Crippen LogP contribution in [0.3, 0.4) is 0 Å². The molecule has 13 heteroatoms. The number of amides is 3. The smallest absolute Gasteiger partial charge is 0.351 e. The van der Waals surface area contributed by atoms with Crippen molar-refractivity contribution in [3.05, 3.63) is 23.5 Å². The van der Waals surface area contributed by atoms with Crippen molar-refractivity contribution in [1.29, 1.82) is 5.26 Å². The number of aromatic nitrogens is 1. The predicted molar refractivity (Wildman–Crippen MR) is 112 cm³/mol. The molecule has 1 aliphatic carbocycles. The molecule has 4 atom stereocenters. The molecule has 0 bridgehead atoms. The molecule has 1 aromatic rings. The number of nitrogens with one attached hydrogen (secondary N) is 4. The Kier molecular flexibility index (Phi) is 6.65. The summed E-state index contributed by atoms with van der Waals surface area (Å²) in [6, 6.07) is 0.654. The summed E-state index contributed by atoms with van der Waals surface area (Å²) >= 11 is 0. The van der Waals surface area contributed by atoms with Crippen LogP contribution in [-0.2, 0) is 15.8 Å². The van der Waals surface area contributed by atoms with E-state index in [1.165, 1.54) is 6.92 Å². The van der Waals surface area contributed by atoms with Crippen molar-refractivity contribution in [2.45, 2.75) is 76.2 Å². The quantitative estimate of drug-likeness (QED) is 0.407. The number of rotatable bonds is 8. The Morgan fingerprint density at radius 2 is 1.86 bits per heavy atom. The zero-order chi connectivity index (χ0) is 26.4. The van der Waals surface area contributed by atoms with Gasteiger partial charge in [-0.05, 0) is 45.2 Å². The van der Waals surface area contributed by atoms with Crippen LogP contribution in [0.2, 0.25) is 0 Å². The maximum absolute atomic E-state index is 13.8. The molecule has 4 unspecified atom stereocenters. The lowest BCUT2D eigenvalue weighted by molar-refractivity contribution is -0.140. The minimum Gasteiger partial charge on any atom is -0.351 e. The van der Waals surface area contributed by atoms with Crippen molar-refractivity contribution in [1.82, 2.24) is 20.9 Å². The Morgan fingerprint density at radius 3 is 2.31 bits per heavy atom. The SMILES string of the molecule is CC1(C)CC(CC(C#N)NC(=O)C(CC2(C)CC2(F)F)NC(=O)c2ccc(C(F)(F)F)[nH]2)C(=O)N1. The topological polar surface area (TPSA) is 127 Å². The van der Waals surface area contributed by atoms with Gasteiger partial charge in [0.2, 0.25) is 11.8 Å². The van der Waals surface area contributed by atoms with Crippen molar-refractivity contribution in [3.63, 3.8) is 0 Å². The second kappa shape index (κ2) is 8.80. The molecule has 2 fully saturated rings. The van der Waals surface area contributed by atoms with Gasteiger partial charge in [0.05, 0.1) is 6.07 Å². The van der Waals surface area contributed by atoms with Gasteiger partial charge >= 0.3 is 6.18 Å². The number of hydrogen-bond acceptors (Lipinski definition) is 4. The molecular formula is C22H26F5N5O3. The lowest BCUT2D eigenvalue weighted by Crippen LogP contribution is -2.51. The maximum atomic E-state index is 13.8. The molecule has 1 saturated heterocycles. The second-order valence-corrected chi connectivity index (χ2v) is 10.2. The molecule has 8 nitrogen and oxygen atoms in total. The molecule has 2 aliphatic rings. The third-order valence-corrected chi connectivity index (χ3v) is 6.46. The van der Waals surface area contributed by atoms with Crippen molar-refractivity contribution in [3.8, 4) is 6.07 Å². The van der Waals surface area contributed by atoms with Crippen LogP contribution in [0.5, 0.6) is 0 Å². The number of H-pyrrole nitrogens is 1. The average molecular weight is 503 g/mol. The second-order valence-electron chi connectivity index (χ2n) is 10.2. The normalized spacial score (nSPS) is 26.3. The fourth-order valence-electron chi connectivity index (χ4n) is 4.34. The summed E-state index contributed by atoms with van der Waals surface area (Å²) in [5, 5.41) is 16.8. The van der Waals surface area contributed by atoms with Gasteiger partial charge in [-0.1, -0.05) is 6.92 Å². The van der Waals surface area contributed by atoms with E-state index in [0.29, 0.717) is 12.5 Å². The van der Waals surface area contributed by atoms with Gasteiger partial charge in [-0.2, -0.15) is 18.4 Å². The van der Waals surface area contributed by atoms with E-state index < -0.39 is 77.1 Å². The predicted octanol–water partition coefficient (Wildman–Crippen LogP) is 2.88. The summed E-state index contributed by atoms with van der Waals surface area (Å²) in [4.78, 5) is 39.5. The average Bonchev–Trinajstić information content (AvgIpc) is 3.08. The van der Waals surface area contributed by atoms with E-state index >= 15 is 0 Å². The molecule has 0 aromatic carbocycles. The number of aromatic amines is 1. The van der Waals surface area contributed by atoms with Gasteiger partial charge in [0, 0.05) is 23.3 Å².